The lowest BCUT2D eigenvalue weighted by Crippen LogP contribution is -2.44. The smallest absolute Gasteiger partial charge is 0.162 e. The van der Waals surface area contributed by atoms with Gasteiger partial charge in [0.25, 0.3) is 0 Å². The Kier molecular flexibility index (Phi) is 4.29. The SMILES string of the molecule is CNC1CCCN(c2ncnc3cc(OC)c(OC)cc23)C1. The van der Waals surface area contributed by atoms with Crippen LogP contribution in [0.15, 0.2) is 18.5 Å². The van der Waals surface area contributed by atoms with Crippen molar-refractivity contribution in [3.05, 3.63) is 18.5 Å². The van der Waals surface area contributed by atoms with Crippen molar-refractivity contribution in [1.29, 1.82) is 0 Å². The highest BCUT2D eigenvalue weighted by Crippen LogP contribution is 2.35. The third kappa shape index (κ3) is 2.66. The van der Waals surface area contributed by atoms with Gasteiger partial charge in [-0.15, -0.1) is 0 Å². The Labute approximate surface area is 130 Å². The fourth-order valence-corrected chi connectivity index (χ4v) is 3.03. The number of hydrogen-bond acceptors (Lipinski definition) is 6. The molecule has 2 aromatic rings. The number of likely N-dealkylation sites (N-methyl/N-ethyl adjacent to an activating group) is 1. The molecule has 1 saturated heterocycles. The van der Waals surface area contributed by atoms with Crippen LogP contribution in [0.4, 0.5) is 5.82 Å². The van der Waals surface area contributed by atoms with E-state index < -0.39 is 0 Å². The minimum atomic E-state index is 0.499. The van der Waals surface area contributed by atoms with E-state index in [0.717, 1.165) is 36.2 Å². The van der Waals surface area contributed by atoms with Crippen molar-refractivity contribution in [2.45, 2.75) is 18.9 Å². The Bertz CT molecular complexity index is 662. The summed E-state index contributed by atoms with van der Waals surface area (Å²) in [5, 5.41) is 4.36. The summed E-state index contributed by atoms with van der Waals surface area (Å²) in [6.07, 6.45) is 3.98. The predicted molar refractivity (Wildman–Crippen MR) is 86.9 cm³/mol. The molecular formula is C16H22N4O2. The first-order valence-corrected chi connectivity index (χ1v) is 7.55. The van der Waals surface area contributed by atoms with Gasteiger partial charge in [0.2, 0.25) is 0 Å². The van der Waals surface area contributed by atoms with E-state index in [4.69, 9.17) is 9.47 Å². The molecule has 0 amide bonds. The quantitative estimate of drug-likeness (QED) is 0.930. The molecule has 1 atom stereocenters. The Balaban J connectivity index is 2.05. The summed E-state index contributed by atoms with van der Waals surface area (Å²) < 4.78 is 10.8. The monoisotopic (exact) mass is 302 g/mol. The third-order valence-corrected chi connectivity index (χ3v) is 4.25. The van der Waals surface area contributed by atoms with Crippen LogP contribution in [-0.4, -0.2) is 50.4 Å². The van der Waals surface area contributed by atoms with Gasteiger partial charge in [0.15, 0.2) is 11.5 Å². The Morgan fingerprint density at radius 1 is 1.18 bits per heavy atom. The molecule has 118 valence electrons. The first-order chi connectivity index (χ1) is 10.8. The second kappa shape index (κ2) is 6.36. The lowest BCUT2D eigenvalue weighted by molar-refractivity contribution is 0.355. The molecule has 0 spiro atoms. The van der Waals surface area contributed by atoms with E-state index in [-0.39, 0.29) is 0 Å². The van der Waals surface area contributed by atoms with Crippen LogP contribution in [-0.2, 0) is 0 Å². The van der Waals surface area contributed by atoms with E-state index >= 15 is 0 Å². The molecule has 1 N–H and O–H groups in total. The zero-order valence-corrected chi connectivity index (χ0v) is 13.3. The van der Waals surface area contributed by atoms with Crippen LogP contribution in [0.5, 0.6) is 11.5 Å². The normalized spacial score (nSPS) is 18.5. The molecule has 22 heavy (non-hydrogen) atoms. The van der Waals surface area contributed by atoms with E-state index in [2.05, 4.69) is 20.2 Å². The molecule has 2 heterocycles. The number of benzene rings is 1. The van der Waals surface area contributed by atoms with Gasteiger partial charge < -0.3 is 19.7 Å². The minimum Gasteiger partial charge on any atom is -0.493 e. The molecule has 1 aromatic carbocycles. The molecule has 0 radical (unpaired) electrons. The summed E-state index contributed by atoms with van der Waals surface area (Å²) in [4.78, 5) is 11.2. The summed E-state index contributed by atoms with van der Waals surface area (Å²) in [5.41, 5.74) is 0.870. The van der Waals surface area contributed by atoms with Gasteiger partial charge in [-0.3, -0.25) is 0 Å². The Hall–Kier alpha value is -2.08. The number of ether oxygens (including phenoxy) is 2. The van der Waals surface area contributed by atoms with Crippen molar-refractivity contribution in [1.82, 2.24) is 15.3 Å². The molecule has 6 nitrogen and oxygen atoms in total. The molecule has 1 aliphatic rings. The number of fused-ring (bicyclic) bond motifs is 1. The van der Waals surface area contributed by atoms with Crippen molar-refractivity contribution in [3.63, 3.8) is 0 Å². The summed E-state index contributed by atoms with van der Waals surface area (Å²) in [7, 11) is 5.29. The second-order valence-electron chi connectivity index (χ2n) is 5.50. The van der Waals surface area contributed by atoms with Crippen molar-refractivity contribution >= 4 is 16.7 Å². The zero-order valence-electron chi connectivity index (χ0n) is 13.3. The maximum Gasteiger partial charge on any atom is 0.162 e. The molecular weight excluding hydrogens is 280 g/mol. The van der Waals surface area contributed by atoms with Crippen molar-refractivity contribution < 1.29 is 9.47 Å². The third-order valence-electron chi connectivity index (χ3n) is 4.25. The highest BCUT2D eigenvalue weighted by Gasteiger charge is 2.22. The van der Waals surface area contributed by atoms with E-state index in [9.17, 15) is 0 Å². The molecule has 0 bridgehead atoms. The highest BCUT2D eigenvalue weighted by molar-refractivity contribution is 5.92. The predicted octanol–water partition coefficient (Wildman–Crippen LogP) is 1.84. The van der Waals surface area contributed by atoms with E-state index in [1.165, 1.54) is 6.42 Å². The Morgan fingerprint density at radius 3 is 2.68 bits per heavy atom. The molecule has 1 aliphatic heterocycles. The zero-order chi connectivity index (χ0) is 15.5. The summed E-state index contributed by atoms with van der Waals surface area (Å²) >= 11 is 0. The molecule has 0 aliphatic carbocycles. The van der Waals surface area contributed by atoms with Gasteiger partial charge >= 0.3 is 0 Å². The summed E-state index contributed by atoms with van der Waals surface area (Å²) in [6.45, 7) is 1.97. The van der Waals surface area contributed by atoms with Gasteiger partial charge in [-0.2, -0.15) is 0 Å². The minimum absolute atomic E-state index is 0.499. The van der Waals surface area contributed by atoms with Gasteiger partial charge in [0.1, 0.15) is 12.1 Å². The Morgan fingerprint density at radius 2 is 1.95 bits per heavy atom. The van der Waals surface area contributed by atoms with Gasteiger partial charge in [-0.1, -0.05) is 0 Å². The van der Waals surface area contributed by atoms with E-state index in [1.54, 1.807) is 20.5 Å². The molecule has 0 saturated carbocycles. The number of methoxy groups -OCH3 is 2. The summed E-state index contributed by atoms with van der Waals surface area (Å²) in [6, 6.07) is 4.37. The largest absolute Gasteiger partial charge is 0.493 e. The topological polar surface area (TPSA) is 59.5 Å². The number of anilines is 1. The molecule has 1 fully saturated rings. The molecule has 3 rings (SSSR count). The van der Waals surface area contributed by atoms with E-state index in [1.807, 2.05) is 19.2 Å². The second-order valence-corrected chi connectivity index (χ2v) is 5.50. The van der Waals surface area contributed by atoms with Crippen molar-refractivity contribution in [2.24, 2.45) is 0 Å². The average molecular weight is 302 g/mol. The average Bonchev–Trinajstić information content (AvgIpc) is 2.59. The van der Waals surface area contributed by atoms with Crippen LogP contribution in [0.1, 0.15) is 12.8 Å². The van der Waals surface area contributed by atoms with Gasteiger partial charge in [0, 0.05) is 30.6 Å². The van der Waals surface area contributed by atoms with Gasteiger partial charge in [-0.05, 0) is 26.0 Å². The number of hydrogen-bond donors (Lipinski definition) is 1. The summed E-state index contributed by atoms with van der Waals surface area (Å²) in [5.74, 6) is 2.35. The van der Waals surface area contributed by atoms with E-state index in [0.29, 0.717) is 17.5 Å². The number of aromatic nitrogens is 2. The van der Waals surface area contributed by atoms with Crippen LogP contribution < -0.4 is 19.7 Å². The van der Waals surface area contributed by atoms with Crippen molar-refractivity contribution in [2.75, 3.05) is 39.3 Å². The van der Waals surface area contributed by atoms with Crippen LogP contribution in [0, 0.1) is 0 Å². The van der Waals surface area contributed by atoms with Crippen LogP contribution in [0.2, 0.25) is 0 Å². The molecule has 1 aromatic heterocycles. The number of rotatable bonds is 4. The lowest BCUT2D eigenvalue weighted by Gasteiger charge is -2.33. The van der Waals surface area contributed by atoms with Gasteiger partial charge in [0.05, 0.1) is 19.7 Å². The van der Waals surface area contributed by atoms with Gasteiger partial charge in [-0.25, -0.2) is 9.97 Å². The van der Waals surface area contributed by atoms with Crippen LogP contribution in [0.3, 0.4) is 0 Å². The standard InChI is InChI=1S/C16H22N4O2/c1-17-11-5-4-6-20(9-11)16-12-7-14(21-2)15(22-3)8-13(12)18-10-19-16/h7-8,10-11,17H,4-6,9H2,1-3H3. The molecule has 6 heteroatoms. The maximum atomic E-state index is 5.42. The van der Waals surface area contributed by atoms with Crippen LogP contribution >= 0.6 is 0 Å². The molecule has 1 unspecified atom stereocenters. The highest BCUT2D eigenvalue weighted by atomic mass is 16.5. The lowest BCUT2D eigenvalue weighted by atomic mass is 10.1. The fourth-order valence-electron chi connectivity index (χ4n) is 3.03. The first-order valence-electron chi connectivity index (χ1n) is 7.55. The maximum absolute atomic E-state index is 5.42. The first kappa shape index (κ1) is 14.8. The van der Waals surface area contributed by atoms with Crippen LogP contribution in [0.25, 0.3) is 10.9 Å². The number of nitrogens with one attached hydrogen (secondary N) is 1. The fraction of sp³-hybridized carbons (Fsp3) is 0.500. The number of piperidine rings is 1. The van der Waals surface area contributed by atoms with Crippen molar-refractivity contribution in [3.8, 4) is 11.5 Å². The number of nitrogens with zero attached hydrogens (tertiary/aromatic N) is 3.